The number of carbonyl (C=O) groups excluding carboxylic acids is 2. The number of aromatic amines is 1. The predicted molar refractivity (Wildman–Crippen MR) is 120 cm³/mol. The molecular weight excluding hydrogens is 412 g/mol. The first-order valence-corrected chi connectivity index (χ1v) is 10.8. The van der Waals surface area contributed by atoms with Crippen molar-refractivity contribution in [2.75, 3.05) is 4.90 Å². The summed E-state index contributed by atoms with van der Waals surface area (Å²) in [5.74, 6) is -1.48. The van der Waals surface area contributed by atoms with Crippen molar-refractivity contribution in [2.45, 2.75) is 33.1 Å². The standard InChI is InChI=1S/C23H20N4O3S/c1-12-8-9-15(10-13(12)2)26-19(28)11-16(21(26)29)20-14(3)25-27(22(20)30)23-24-17-6-4-5-7-18(17)31-23/h4-10,16,25H,11H2,1-3H3/t16-/m1/s1. The van der Waals surface area contributed by atoms with Crippen molar-refractivity contribution in [3.63, 3.8) is 0 Å². The van der Waals surface area contributed by atoms with Crippen LogP contribution in [-0.2, 0) is 9.59 Å². The Kier molecular flexibility index (Phi) is 4.40. The molecule has 1 atom stereocenters. The first-order chi connectivity index (χ1) is 14.8. The van der Waals surface area contributed by atoms with Crippen molar-refractivity contribution >= 4 is 39.1 Å². The Bertz CT molecular complexity index is 1400. The second-order valence-corrected chi connectivity index (χ2v) is 8.86. The second kappa shape index (κ2) is 7.02. The highest BCUT2D eigenvalue weighted by atomic mass is 32.1. The predicted octanol–water partition coefficient (Wildman–Crippen LogP) is 3.75. The van der Waals surface area contributed by atoms with E-state index in [4.69, 9.17) is 0 Å². The number of thiazole rings is 1. The van der Waals surface area contributed by atoms with E-state index in [1.807, 2.05) is 50.2 Å². The van der Waals surface area contributed by atoms with E-state index in [-0.39, 0.29) is 23.8 Å². The zero-order chi connectivity index (χ0) is 21.9. The van der Waals surface area contributed by atoms with E-state index in [1.54, 1.807) is 13.0 Å². The fourth-order valence-electron chi connectivity index (χ4n) is 4.05. The Balaban J connectivity index is 1.55. The van der Waals surface area contributed by atoms with Crippen molar-refractivity contribution < 1.29 is 9.59 Å². The van der Waals surface area contributed by atoms with Gasteiger partial charge in [-0.05, 0) is 56.2 Å². The van der Waals surface area contributed by atoms with Crippen LogP contribution in [0.5, 0.6) is 0 Å². The number of imide groups is 1. The van der Waals surface area contributed by atoms with E-state index < -0.39 is 5.92 Å². The number of hydrogen-bond acceptors (Lipinski definition) is 5. The van der Waals surface area contributed by atoms with Crippen molar-refractivity contribution in [1.82, 2.24) is 14.8 Å². The summed E-state index contributed by atoms with van der Waals surface area (Å²) < 4.78 is 2.33. The van der Waals surface area contributed by atoms with Crippen LogP contribution >= 0.6 is 11.3 Å². The maximum atomic E-state index is 13.3. The van der Waals surface area contributed by atoms with Gasteiger partial charge in [0, 0.05) is 12.1 Å². The number of benzene rings is 2. The molecule has 1 fully saturated rings. The molecule has 5 rings (SSSR count). The number of fused-ring (bicyclic) bond motifs is 1. The zero-order valence-corrected chi connectivity index (χ0v) is 18.1. The molecule has 3 heterocycles. The zero-order valence-electron chi connectivity index (χ0n) is 17.3. The number of nitrogens with one attached hydrogen (secondary N) is 1. The van der Waals surface area contributed by atoms with Gasteiger partial charge >= 0.3 is 0 Å². The molecule has 2 amide bonds. The lowest BCUT2D eigenvalue weighted by molar-refractivity contribution is -0.121. The van der Waals surface area contributed by atoms with Crippen LogP contribution < -0.4 is 10.5 Å². The number of H-pyrrole nitrogens is 1. The monoisotopic (exact) mass is 432 g/mol. The summed E-state index contributed by atoms with van der Waals surface area (Å²) in [6.07, 6.45) is -0.0282. The molecule has 1 aliphatic rings. The SMILES string of the molecule is Cc1ccc(N2C(=O)C[C@H](c3c(C)[nH]n(-c4nc5ccccc5s4)c3=O)C2=O)cc1C. The Morgan fingerprint density at radius 3 is 2.55 bits per heavy atom. The summed E-state index contributed by atoms with van der Waals surface area (Å²) in [7, 11) is 0. The molecule has 8 heteroatoms. The fourth-order valence-corrected chi connectivity index (χ4v) is 4.98. The molecule has 2 aromatic carbocycles. The van der Waals surface area contributed by atoms with E-state index in [1.165, 1.54) is 20.9 Å². The van der Waals surface area contributed by atoms with Gasteiger partial charge in [-0.15, -0.1) is 0 Å². The van der Waals surface area contributed by atoms with Crippen LogP contribution in [0.2, 0.25) is 0 Å². The molecule has 1 aliphatic heterocycles. The Labute approximate surface area is 181 Å². The molecule has 0 saturated carbocycles. The Morgan fingerprint density at radius 1 is 1.03 bits per heavy atom. The van der Waals surface area contributed by atoms with E-state index in [0.29, 0.717) is 22.1 Å². The summed E-state index contributed by atoms with van der Waals surface area (Å²) in [4.78, 5) is 45.0. The topological polar surface area (TPSA) is 88.1 Å². The van der Waals surface area contributed by atoms with Crippen LogP contribution in [0.1, 0.15) is 34.7 Å². The van der Waals surface area contributed by atoms with Crippen molar-refractivity contribution in [1.29, 1.82) is 0 Å². The number of aromatic nitrogens is 3. The van der Waals surface area contributed by atoms with Gasteiger partial charge in [-0.3, -0.25) is 19.5 Å². The van der Waals surface area contributed by atoms with E-state index in [2.05, 4.69) is 10.1 Å². The quantitative estimate of drug-likeness (QED) is 0.500. The highest BCUT2D eigenvalue weighted by Crippen LogP contribution is 2.34. The van der Waals surface area contributed by atoms with Gasteiger partial charge in [-0.2, -0.15) is 4.68 Å². The average Bonchev–Trinajstić information content (AvgIpc) is 3.37. The number of carbonyl (C=O) groups is 2. The fraction of sp³-hybridized carbons (Fsp3) is 0.217. The number of hydrogen-bond donors (Lipinski definition) is 1. The van der Waals surface area contributed by atoms with Gasteiger partial charge in [0.15, 0.2) is 0 Å². The number of aryl methyl sites for hydroxylation is 3. The normalized spacial score (nSPS) is 16.6. The lowest BCUT2D eigenvalue weighted by Gasteiger charge is -2.16. The van der Waals surface area contributed by atoms with Gasteiger partial charge < -0.3 is 0 Å². The van der Waals surface area contributed by atoms with Crippen LogP contribution in [0.3, 0.4) is 0 Å². The molecule has 7 nitrogen and oxygen atoms in total. The maximum absolute atomic E-state index is 13.3. The number of rotatable bonds is 3. The molecular formula is C23H20N4O3S. The Morgan fingerprint density at radius 2 is 1.81 bits per heavy atom. The molecule has 1 saturated heterocycles. The Hall–Kier alpha value is -3.52. The smallest absolute Gasteiger partial charge is 0.277 e. The van der Waals surface area contributed by atoms with Gasteiger partial charge in [0.05, 0.1) is 27.4 Å². The van der Waals surface area contributed by atoms with Crippen LogP contribution in [0, 0.1) is 20.8 Å². The van der Waals surface area contributed by atoms with Gasteiger partial charge in [-0.1, -0.05) is 29.5 Å². The average molecular weight is 433 g/mol. The molecule has 0 spiro atoms. The van der Waals surface area contributed by atoms with E-state index >= 15 is 0 Å². The van der Waals surface area contributed by atoms with Gasteiger partial charge in [0.1, 0.15) is 0 Å². The molecule has 0 unspecified atom stereocenters. The molecule has 1 N–H and O–H groups in total. The highest BCUT2D eigenvalue weighted by molar-refractivity contribution is 7.20. The summed E-state index contributed by atoms with van der Waals surface area (Å²) in [5, 5.41) is 3.55. The van der Waals surface area contributed by atoms with Crippen LogP contribution in [0.15, 0.2) is 47.3 Å². The summed E-state index contributed by atoms with van der Waals surface area (Å²) in [6, 6.07) is 13.1. The van der Waals surface area contributed by atoms with E-state index in [0.717, 1.165) is 21.3 Å². The number of para-hydroxylation sites is 1. The molecule has 0 radical (unpaired) electrons. The third-order valence-corrected chi connectivity index (χ3v) is 6.86. The van der Waals surface area contributed by atoms with Gasteiger partial charge in [0.2, 0.25) is 16.9 Å². The summed E-state index contributed by atoms with van der Waals surface area (Å²) in [6.45, 7) is 5.66. The lowest BCUT2D eigenvalue weighted by Crippen LogP contribution is -2.31. The molecule has 31 heavy (non-hydrogen) atoms. The molecule has 0 aliphatic carbocycles. The first-order valence-electron chi connectivity index (χ1n) is 9.96. The number of nitrogens with zero attached hydrogens (tertiary/aromatic N) is 3. The molecule has 2 aromatic heterocycles. The summed E-state index contributed by atoms with van der Waals surface area (Å²) >= 11 is 1.39. The van der Waals surface area contributed by atoms with Crippen LogP contribution in [-0.4, -0.2) is 26.6 Å². The van der Waals surface area contributed by atoms with Crippen LogP contribution in [0.4, 0.5) is 5.69 Å². The largest absolute Gasteiger partial charge is 0.293 e. The van der Waals surface area contributed by atoms with Crippen molar-refractivity contribution in [3.05, 3.63) is 75.2 Å². The van der Waals surface area contributed by atoms with Gasteiger partial charge in [0.25, 0.3) is 5.56 Å². The minimum Gasteiger partial charge on any atom is -0.293 e. The third kappa shape index (κ3) is 3.02. The lowest BCUT2D eigenvalue weighted by atomic mass is 9.98. The number of anilines is 1. The van der Waals surface area contributed by atoms with Crippen LogP contribution in [0.25, 0.3) is 15.3 Å². The second-order valence-electron chi connectivity index (χ2n) is 7.85. The molecule has 0 bridgehead atoms. The third-order valence-electron chi connectivity index (χ3n) is 5.83. The van der Waals surface area contributed by atoms with Gasteiger partial charge in [-0.25, -0.2) is 9.88 Å². The van der Waals surface area contributed by atoms with Crippen molar-refractivity contribution in [2.24, 2.45) is 0 Å². The van der Waals surface area contributed by atoms with E-state index in [9.17, 15) is 14.4 Å². The highest BCUT2D eigenvalue weighted by Gasteiger charge is 2.43. The number of amides is 2. The van der Waals surface area contributed by atoms with Crippen molar-refractivity contribution in [3.8, 4) is 5.13 Å². The minimum absolute atomic E-state index is 0.0282. The first kappa shape index (κ1) is 19.4. The molecule has 156 valence electrons. The molecule has 4 aromatic rings. The summed E-state index contributed by atoms with van der Waals surface area (Å²) in [5.41, 5.74) is 3.97. The maximum Gasteiger partial charge on any atom is 0.277 e. The minimum atomic E-state index is -0.812.